The van der Waals surface area contributed by atoms with E-state index in [9.17, 15) is 0 Å². The number of hydrogen-bond acceptors (Lipinski definition) is 3. The van der Waals surface area contributed by atoms with Gasteiger partial charge in [0, 0.05) is 31.2 Å². The number of hydrogen-bond donors (Lipinski definition) is 1. The molecule has 1 fully saturated rings. The van der Waals surface area contributed by atoms with E-state index >= 15 is 0 Å². The van der Waals surface area contributed by atoms with Crippen molar-refractivity contribution >= 4 is 0 Å². The fourth-order valence-electron chi connectivity index (χ4n) is 2.49. The third kappa shape index (κ3) is 4.71. The SMILES string of the molecule is C=CC[C@H](C)[C@H](C)N[C@@H](C)[C@H](C)N1CCOCC1. The maximum absolute atomic E-state index is 5.41. The van der Waals surface area contributed by atoms with Gasteiger partial charge in [0.2, 0.25) is 0 Å². The van der Waals surface area contributed by atoms with E-state index in [1.807, 2.05) is 6.08 Å². The Morgan fingerprint density at radius 2 is 1.78 bits per heavy atom. The molecule has 3 heteroatoms. The van der Waals surface area contributed by atoms with Crippen LogP contribution in [0.4, 0.5) is 0 Å². The minimum atomic E-state index is 0.505. The highest BCUT2D eigenvalue weighted by Gasteiger charge is 2.23. The van der Waals surface area contributed by atoms with Crippen LogP contribution < -0.4 is 5.32 Å². The molecule has 4 atom stereocenters. The van der Waals surface area contributed by atoms with Crippen molar-refractivity contribution in [1.29, 1.82) is 0 Å². The molecule has 18 heavy (non-hydrogen) atoms. The Kier molecular flexibility index (Phi) is 6.90. The summed E-state index contributed by atoms with van der Waals surface area (Å²) in [6.45, 7) is 16.8. The molecule has 1 saturated heterocycles. The van der Waals surface area contributed by atoms with Crippen LogP contribution >= 0.6 is 0 Å². The van der Waals surface area contributed by atoms with Gasteiger partial charge in [0.25, 0.3) is 0 Å². The van der Waals surface area contributed by atoms with Gasteiger partial charge in [0.1, 0.15) is 0 Å². The van der Waals surface area contributed by atoms with E-state index in [1.54, 1.807) is 0 Å². The second-order valence-corrected chi connectivity index (χ2v) is 5.63. The van der Waals surface area contributed by atoms with Crippen LogP contribution in [-0.2, 0) is 4.74 Å². The molecule has 0 aliphatic carbocycles. The molecule has 0 aromatic heterocycles. The van der Waals surface area contributed by atoms with Crippen LogP contribution in [0.5, 0.6) is 0 Å². The second-order valence-electron chi connectivity index (χ2n) is 5.63. The highest BCUT2D eigenvalue weighted by atomic mass is 16.5. The average molecular weight is 254 g/mol. The van der Waals surface area contributed by atoms with E-state index < -0.39 is 0 Å². The predicted octanol–water partition coefficient (Wildman–Crippen LogP) is 2.29. The first-order valence-electron chi connectivity index (χ1n) is 7.25. The molecule has 0 radical (unpaired) electrons. The monoisotopic (exact) mass is 254 g/mol. The third-order valence-corrected chi connectivity index (χ3v) is 4.26. The standard InChI is InChI=1S/C15H30N2O/c1-6-7-12(2)13(3)16-14(4)15(5)17-8-10-18-11-9-17/h6,12-16H,1,7-11H2,2-5H3/t12-,13-,14-,15-/m0/s1. The highest BCUT2D eigenvalue weighted by Crippen LogP contribution is 2.12. The molecule has 1 aliphatic rings. The predicted molar refractivity (Wildman–Crippen MR) is 77.9 cm³/mol. The van der Waals surface area contributed by atoms with E-state index in [0.29, 0.717) is 24.0 Å². The van der Waals surface area contributed by atoms with Crippen LogP contribution in [0, 0.1) is 5.92 Å². The van der Waals surface area contributed by atoms with E-state index in [0.717, 1.165) is 32.7 Å². The minimum absolute atomic E-state index is 0.505. The zero-order chi connectivity index (χ0) is 13.5. The summed E-state index contributed by atoms with van der Waals surface area (Å²) in [6.07, 6.45) is 3.09. The summed E-state index contributed by atoms with van der Waals surface area (Å²) in [6, 6.07) is 1.60. The molecule has 3 nitrogen and oxygen atoms in total. The quantitative estimate of drug-likeness (QED) is 0.706. The molecule has 1 N–H and O–H groups in total. The summed E-state index contributed by atoms with van der Waals surface area (Å²) in [5.41, 5.74) is 0. The van der Waals surface area contributed by atoms with E-state index in [2.05, 4.69) is 44.5 Å². The summed E-state index contributed by atoms with van der Waals surface area (Å²) in [5.74, 6) is 0.641. The van der Waals surface area contributed by atoms with Gasteiger partial charge in [-0.3, -0.25) is 4.90 Å². The molecule has 1 rings (SSSR count). The van der Waals surface area contributed by atoms with Gasteiger partial charge in [-0.05, 0) is 33.1 Å². The Morgan fingerprint density at radius 1 is 1.17 bits per heavy atom. The molecule has 1 heterocycles. The number of allylic oxidation sites excluding steroid dienone is 1. The molecule has 0 saturated carbocycles. The van der Waals surface area contributed by atoms with Crippen LogP contribution in [0.15, 0.2) is 12.7 Å². The van der Waals surface area contributed by atoms with Crippen LogP contribution in [0.2, 0.25) is 0 Å². The lowest BCUT2D eigenvalue weighted by Crippen LogP contribution is -2.53. The third-order valence-electron chi connectivity index (χ3n) is 4.26. The van der Waals surface area contributed by atoms with Gasteiger partial charge in [-0.25, -0.2) is 0 Å². The van der Waals surface area contributed by atoms with Crippen molar-refractivity contribution < 1.29 is 4.74 Å². The average Bonchev–Trinajstić information content (AvgIpc) is 2.39. The van der Waals surface area contributed by atoms with Crippen molar-refractivity contribution in [1.82, 2.24) is 10.2 Å². The Morgan fingerprint density at radius 3 is 2.33 bits per heavy atom. The van der Waals surface area contributed by atoms with Crippen molar-refractivity contribution in [2.45, 2.75) is 52.2 Å². The topological polar surface area (TPSA) is 24.5 Å². The van der Waals surface area contributed by atoms with Crippen LogP contribution in [0.1, 0.15) is 34.1 Å². The van der Waals surface area contributed by atoms with Crippen LogP contribution in [0.25, 0.3) is 0 Å². The van der Waals surface area contributed by atoms with E-state index in [1.165, 1.54) is 0 Å². The van der Waals surface area contributed by atoms with Crippen molar-refractivity contribution in [3.8, 4) is 0 Å². The lowest BCUT2D eigenvalue weighted by molar-refractivity contribution is 0.0124. The molecular formula is C15H30N2O. The normalized spacial score (nSPS) is 24.2. The molecule has 106 valence electrons. The second kappa shape index (κ2) is 7.93. The first-order chi connectivity index (χ1) is 8.56. The number of nitrogens with one attached hydrogen (secondary N) is 1. The van der Waals surface area contributed by atoms with E-state index in [-0.39, 0.29) is 0 Å². The molecule has 0 bridgehead atoms. The van der Waals surface area contributed by atoms with Gasteiger partial charge in [0.05, 0.1) is 13.2 Å². The molecule has 0 unspecified atom stereocenters. The highest BCUT2D eigenvalue weighted by molar-refractivity contribution is 4.84. The number of nitrogens with zero attached hydrogens (tertiary/aromatic N) is 1. The Hall–Kier alpha value is -0.380. The Bertz CT molecular complexity index is 239. The number of ether oxygens (including phenoxy) is 1. The summed E-state index contributed by atoms with van der Waals surface area (Å²) >= 11 is 0. The zero-order valence-corrected chi connectivity index (χ0v) is 12.5. The van der Waals surface area contributed by atoms with Gasteiger partial charge < -0.3 is 10.1 Å². The molecular weight excluding hydrogens is 224 g/mol. The van der Waals surface area contributed by atoms with Gasteiger partial charge in [-0.15, -0.1) is 6.58 Å². The van der Waals surface area contributed by atoms with Crippen molar-refractivity contribution in [3.05, 3.63) is 12.7 Å². The molecule has 1 aliphatic heterocycles. The lowest BCUT2D eigenvalue weighted by Gasteiger charge is -2.37. The zero-order valence-electron chi connectivity index (χ0n) is 12.5. The van der Waals surface area contributed by atoms with Gasteiger partial charge in [-0.2, -0.15) is 0 Å². The number of rotatable bonds is 7. The molecule has 0 spiro atoms. The molecule has 0 aromatic carbocycles. The smallest absolute Gasteiger partial charge is 0.0594 e. The Labute approximate surface area is 113 Å². The van der Waals surface area contributed by atoms with Gasteiger partial charge in [0.15, 0.2) is 0 Å². The maximum atomic E-state index is 5.41. The first-order valence-corrected chi connectivity index (χ1v) is 7.25. The van der Waals surface area contributed by atoms with Crippen LogP contribution in [0.3, 0.4) is 0 Å². The fourth-order valence-corrected chi connectivity index (χ4v) is 2.49. The maximum Gasteiger partial charge on any atom is 0.0594 e. The largest absolute Gasteiger partial charge is 0.379 e. The summed E-state index contributed by atoms with van der Waals surface area (Å²) in [4.78, 5) is 2.52. The minimum Gasteiger partial charge on any atom is -0.379 e. The van der Waals surface area contributed by atoms with Gasteiger partial charge >= 0.3 is 0 Å². The number of morpholine rings is 1. The molecule has 0 aromatic rings. The first kappa shape index (κ1) is 15.7. The molecule has 0 amide bonds. The summed E-state index contributed by atoms with van der Waals surface area (Å²) < 4.78 is 5.41. The summed E-state index contributed by atoms with van der Waals surface area (Å²) in [5, 5.41) is 3.73. The van der Waals surface area contributed by atoms with Gasteiger partial charge in [-0.1, -0.05) is 13.0 Å². The van der Waals surface area contributed by atoms with Crippen molar-refractivity contribution in [2.24, 2.45) is 5.92 Å². The van der Waals surface area contributed by atoms with Crippen LogP contribution in [-0.4, -0.2) is 49.3 Å². The van der Waals surface area contributed by atoms with Crippen molar-refractivity contribution in [3.63, 3.8) is 0 Å². The lowest BCUT2D eigenvalue weighted by atomic mass is 9.98. The summed E-state index contributed by atoms with van der Waals surface area (Å²) in [7, 11) is 0. The van der Waals surface area contributed by atoms with E-state index in [4.69, 9.17) is 4.74 Å². The fraction of sp³-hybridized carbons (Fsp3) is 0.867. The Balaban J connectivity index is 2.37. The van der Waals surface area contributed by atoms with Crippen molar-refractivity contribution in [2.75, 3.05) is 26.3 Å².